The normalized spacial score (nSPS) is 14.2. The first kappa shape index (κ1) is 20.1. The summed E-state index contributed by atoms with van der Waals surface area (Å²) in [6.45, 7) is 1.37. The molecule has 0 radical (unpaired) electrons. The second-order valence-electron chi connectivity index (χ2n) is 5.45. The summed E-state index contributed by atoms with van der Waals surface area (Å²) in [7, 11) is 0. The zero-order valence-electron chi connectivity index (χ0n) is 13.6. The van der Waals surface area contributed by atoms with Crippen molar-refractivity contribution in [2.75, 3.05) is 0 Å². The Bertz CT molecular complexity index is 617. The molecular formula is C14H21N5O6. The van der Waals surface area contributed by atoms with Crippen LogP contribution < -0.4 is 16.4 Å². The van der Waals surface area contributed by atoms with Crippen LogP contribution in [0.2, 0.25) is 0 Å². The van der Waals surface area contributed by atoms with Gasteiger partial charge in [-0.3, -0.25) is 14.4 Å². The van der Waals surface area contributed by atoms with Crippen LogP contribution in [-0.2, 0) is 25.6 Å². The van der Waals surface area contributed by atoms with Crippen molar-refractivity contribution in [3.05, 3.63) is 18.2 Å². The molecule has 0 saturated heterocycles. The van der Waals surface area contributed by atoms with Crippen molar-refractivity contribution in [1.29, 1.82) is 0 Å². The van der Waals surface area contributed by atoms with E-state index in [-0.39, 0.29) is 19.3 Å². The van der Waals surface area contributed by atoms with Crippen LogP contribution in [0, 0.1) is 0 Å². The summed E-state index contributed by atoms with van der Waals surface area (Å²) in [5, 5.41) is 22.4. The number of hydrogen-bond donors (Lipinski definition) is 6. The van der Waals surface area contributed by atoms with Crippen molar-refractivity contribution in [3.8, 4) is 0 Å². The monoisotopic (exact) mass is 355 g/mol. The molecule has 11 heteroatoms. The molecule has 3 unspecified atom stereocenters. The molecule has 1 aromatic heterocycles. The first-order chi connectivity index (χ1) is 11.7. The molecular weight excluding hydrogens is 334 g/mol. The summed E-state index contributed by atoms with van der Waals surface area (Å²) in [5.41, 5.74) is 6.07. The van der Waals surface area contributed by atoms with E-state index < -0.39 is 41.9 Å². The number of aromatic nitrogens is 2. The van der Waals surface area contributed by atoms with Gasteiger partial charge in [-0.2, -0.15) is 0 Å². The molecule has 0 fully saturated rings. The largest absolute Gasteiger partial charge is 0.481 e. The van der Waals surface area contributed by atoms with Gasteiger partial charge in [-0.25, -0.2) is 9.78 Å². The first-order valence-electron chi connectivity index (χ1n) is 7.49. The van der Waals surface area contributed by atoms with Crippen LogP contribution in [0.3, 0.4) is 0 Å². The molecule has 0 spiro atoms. The topological polar surface area (TPSA) is 188 Å². The predicted octanol–water partition coefficient (Wildman–Crippen LogP) is -1.78. The first-order valence-corrected chi connectivity index (χ1v) is 7.49. The molecule has 0 saturated carbocycles. The molecule has 25 heavy (non-hydrogen) atoms. The fourth-order valence-corrected chi connectivity index (χ4v) is 1.91. The molecule has 1 rings (SSSR count). The molecule has 1 aromatic rings. The number of nitrogens with zero attached hydrogens (tertiary/aromatic N) is 1. The average molecular weight is 355 g/mol. The minimum atomic E-state index is -1.24. The number of rotatable bonds is 10. The van der Waals surface area contributed by atoms with Gasteiger partial charge in [0.15, 0.2) is 0 Å². The van der Waals surface area contributed by atoms with Crippen LogP contribution in [0.15, 0.2) is 12.5 Å². The summed E-state index contributed by atoms with van der Waals surface area (Å²) >= 11 is 0. The Morgan fingerprint density at radius 3 is 2.44 bits per heavy atom. The number of amides is 2. The molecule has 11 nitrogen and oxygen atoms in total. The lowest BCUT2D eigenvalue weighted by Crippen LogP contribution is -2.53. The van der Waals surface area contributed by atoms with Gasteiger partial charge >= 0.3 is 11.9 Å². The van der Waals surface area contributed by atoms with E-state index in [0.717, 1.165) is 0 Å². The van der Waals surface area contributed by atoms with Gasteiger partial charge in [0.1, 0.15) is 12.1 Å². The van der Waals surface area contributed by atoms with E-state index in [1.54, 1.807) is 0 Å². The summed E-state index contributed by atoms with van der Waals surface area (Å²) in [6.07, 6.45) is 2.47. The van der Waals surface area contributed by atoms with E-state index in [0.29, 0.717) is 5.69 Å². The van der Waals surface area contributed by atoms with Gasteiger partial charge in [0, 0.05) is 24.7 Å². The van der Waals surface area contributed by atoms with E-state index in [9.17, 15) is 24.3 Å². The quantitative estimate of drug-likeness (QED) is 0.284. The number of nitrogens with two attached hydrogens (primary N) is 1. The molecule has 1 heterocycles. The summed E-state index contributed by atoms with van der Waals surface area (Å²) in [4.78, 5) is 52.1. The Hall–Kier alpha value is -2.95. The summed E-state index contributed by atoms with van der Waals surface area (Å²) in [6, 6.07) is -3.31. The van der Waals surface area contributed by atoms with Crippen LogP contribution >= 0.6 is 0 Å². The lowest BCUT2D eigenvalue weighted by molar-refractivity contribution is -0.142. The number of hydrogen-bond acceptors (Lipinski definition) is 6. The molecule has 7 N–H and O–H groups in total. The number of imidazole rings is 1. The zero-order valence-corrected chi connectivity index (χ0v) is 13.6. The smallest absolute Gasteiger partial charge is 0.326 e. The molecule has 138 valence electrons. The maximum Gasteiger partial charge on any atom is 0.326 e. The van der Waals surface area contributed by atoms with E-state index in [2.05, 4.69) is 20.6 Å². The number of aliphatic carboxylic acids is 2. The Balaban J connectivity index is 2.54. The van der Waals surface area contributed by atoms with E-state index in [1.807, 2.05) is 0 Å². The van der Waals surface area contributed by atoms with Crippen LogP contribution in [0.25, 0.3) is 0 Å². The molecule has 0 aliphatic carbocycles. The van der Waals surface area contributed by atoms with Crippen molar-refractivity contribution in [3.63, 3.8) is 0 Å². The average Bonchev–Trinajstić information content (AvgIpc) is 3.04. The maximum atomic E-state index is 12.1. The van der Waals surface area contributed by atoms with Crippen molar-refractivity contribution >= 4 is 23.8 Å². The summed E-state index contributed by atoms with van der Waals surface area (Å²) in [5.74, 6) is -3.72. The lowest BCUT2D eigenvalue weighted by atomic mass is 10.1. The second kappa shape index (κ2) is 9.37. The Labute approximate surface area is 143 Å². The van der Waals surface area contributed by atoms with Gasteiger partial charge in [0.05, 0.1) is 12.4 Å². The van der Waals surface area contributed by atoms with Gasteiger partial charge < -0.3 is 31.6 Å². The van der Waals surface area contributed by atoms with Crippen LogP contribution in [-0.4, -0.2) is 62.1 Å². The van der Waals surface area contributed by atoms with Crippen LogP contribution in [0.5, 0.6) is 0 Å². The Morgan fingerprint density at radius 2 is 1.92 bits per heavy atom. The number of carbonyl (C=O) groups excluding carboxylic acids is 2. The molecule has 0 aliphatic rings. The zero-order chi connectivity index (χ0) is 19.0. The number of H-pyrrole nitrogens is 1. The Kier molecular flexibility index (Phi) is 7.53. The molecule has 0 aromatic carbocycles. The van der Waals surface area contributed by atoms with Crippen molar-refractivity contribution in [2.24, 2.45) is 5.73 Å². The third kappa shape index (κ3) is 6.99. The van der Waals surface area contributed by atoms with Crippen molar-refractivity contribution in [1.82, 2.24) is 20.6 Å². The molecule has 0 aliphatic heterocycles. The highest BCUT2D eigenvalue weighted by atomic mass is 16.4. The second-order valence-corrected chi connectivity index (χ2v) is 5.45. The fourth-order valence-electron chi connectivity index (χ4n) is 1.91. The SMILES string of the molecule is CC(NC(=O)C(N)CCC(=O)O)C(=O)NC(Cc1cnc[nH]1)C(=O)O. The molecule has 2 amide bonds. The fraction of sp³-hybridized carbons (Fsp3) is 0.500. The number of carbonyl (C=O) groups is 4. The minimum absolute atomic E-state index is 0.000134. The van der Waals surface area contributed by atoms with E-state index in [4.69, 9.17) is 10.8 Å². The van der Waals surface area contributed by atoms with Gasteiger partial charge in [-0.15, -0.1) is 0 Å². The van der Waals surface area contributed by atoms with Crippen LogP contribution in [0.1, 0.15) is 25.5 Å². The number of aromatic amines is 1. The molecule has 0 bridgehead atoms. The number of carboxylic acid groups (broad SMARTS) is 2. The number of nitrogens with one attached hydrogen (secondary N) is 3. The van der Waals surface area contributed by atoms with Gasteiger partial charge in [-0.1, -0.05) is 0 Å². The highest BCUT2D eigenvalue weighted by Crippen LogP contribution is 2.00. The summed E-state index contributed by atoms with van der Waals surface area (Å²) < 4.78 is 0. The highest BCUT2D eigenvalue weighted by Gasteiger charge is 2.26. The standard InChI is InChI=1S/C14H21N5O6/c1-7(18-13(23)9(15)2-3-11(20)21)12(22)19-10(14(24)25)4-8-5-16-6-17-8/h5-7,9-10H,2-4,15H2,1H3,(H,16,17)(H,18,23)(H,19,22)(H,20,21)(H,24,25). The van der Waals surface area contributed by atoms with E-state index in [1.165, 1.54) is 19.4 Å². The van der Waals surface area contributed by atoms with Gasteiger partial charge in [0.25, 0.3) is 0 Å². The molecule has 3 atom stereocenters. The predicted molar refractivity (Wildman–Crippen MR) is 84.3 cm³/mol. The minimum Gasteiger partial charge on any atom is -0.481 e. The third-order valence-electron chi connectivity index (χ3n) is 3.35. The van der Waals surface area contributed by atoms with Crippen molar-refractivity contribution in [2.45, 2.75) is 44.3 Å². The highest BCUT2D eigenvalue weighted by molar-refractivity contribution is 5.91. The lowest BCUT2D eigenvalue weighted by Gasteiger charge is -2.19. The third-order valence-corrected chi connectivity index (χ3v) is 3.35. The Morgan fingerprint density at radius 1 is 1.24 bits per heavy atom. The van der Waals surface area contributed by atoms with Gasteiger partial charge in [-0.05, 0) is 13.3 Å². The number of carboxylic acids is 2. The van der Waals surface area contributed by atoms with Gasteiger partial charge in [0.2, 0.25) is 11.8 Å². The maximum absolute atomic E-state index is 12.1. The van der Waals surface area contributed by atoms with E-state index >= 15 is 0 Å². The van der Waals surface area contributed by atoms with Crippen LogP contribution in [0.4, 0.5) is 0 Å². The van der Waals surface area contributed by atoms with Crippen molar-refractivity contribution < 1.29 is 29.4 Å².